The highest BCUT2D eigenvalue weighted by atomic mass is 31.3. The topological polar surface area (TPSA) is 409 Å². The van der Waals surface area contributed by atoms with Gasteiger partial charge in [-0.25, -0.2) is 23.1 Å². The van der Waals surface area contributed by atoms with Crippen LogP contribution in [0.5, 0.6) is 0 Å². The summed E-state index contributed by atoms with van der Waals surface area (Å²) in [5.74, 6) is -3.92. The Kier molecular flexibility index (Phi) is 13.0. The molecule has 30 heteroatoms. The lowest BCUT2D eigenvalue weighted by molar-refractivity contribution is -0.426. The Bertz CT molecular complexity index is 1330. The summed E-state index contributed by atoms with van der Waals surface area (Å²) in [6, 6.07) is 5.92. The summed E-state index contributed by atoms with van der Waals surface area (Å²) in [4.78, 5) is 132. The Labute approximate surface area is 245 Å². The Morgan fingerprint density at radius 1 is 0.591 bits per heavy atom. The molecule has 1 aromatic carbocycles. The summed E-state index contributed by atoms with van der Waals surface area (Å²) in [7, 11) is -36.3. The minimum Gasteiger partial charge on any atom is -0.687 e. The highest BCUT2D eigenvalue weighted by molar-refractivity contribution is 7.71. The molecule has 7 atom stereocenters. The molecule has 0 aromatic heterocycles. The number of benzene rings is 1. The second-order valence-electron chi connectivity index (χ2n) is 8.44. The third kappa shape index (κ3) is 13.8. The van der Waals surface area contributed by atoms with Crippen molar-refractivity contribution < 1.29 is 114 Å². The monoisotopic (exact) mass is 760 g/mol. The minimum atomic E-state index is -6.08. The van der Waals surface area contributed by atoms with Crippen molar-refractivity contribution in [2.24, 2.45) is 0 Å². The van der Waals surface area contributed by atoms with E-state index in [1.807, 2.05) is 0 Å². The molecule has 1 fully saturated rings. The molecule has 0 saturated heterocycles. The van der Waals surface area contributed by atoms with E-state index < -0.39 is 101 Å². The number of rotatable bonds is 14. The first-order valence-corrected chi connectivity index (χ1v) is 20.4. The van der Waals surface area contributed by atoms with Crippen LogP contribution in [0.4, 0.5) is 0 Å². The summed E-state index contributed by atoms with van der Waals surface area (Å²) in [6.45, 7) is 0. The van der Waals surface area contributed by atoms with Crippen LogP contribution in [0.2, 0.25) is 0 Å². The maximum absolute atomic E-state index is 12.9. The molecule has 1 saturated carbocycles. The number of hydrogen-bond acceptors (Lipinski definition) is 15. The fourth-order valence-corrected chi connectivity index (χ4v) is 8.56. The summed E-state index contributed by atoms with van der Waals surface area (Å²) < 4.78 is 86.7. The van der Waals surface area contributed by atoms with Crippen molar-refractivity contribution in [3.8, 4) is 0 Å². The van der Waals surface area contributed by atoms with Crippen LogP contribution in [0.1, 0.15) is 10.4 Å². The molecule has 0 amide bonds. The lowest BCUT2D eigenvalue weighted by Crippen LogP contribution is -2.67. The van der Waals surface area contributed by atoms with Gasteiger partial charge in [0, 0.05) is 0 Å². The highest BCUT2D eigenvalue weighted by Crippen LogP contribution is 2.59. The van der Waals surface area contributed by atoms with Crippen LogP contribution in [0.15, 0.2) is 30.3 Å². The number of phosphoric ester groups is 4. The van der Waals surface area contributed by atoms with Crippen molar-refractivity contribution in [1.29, 1.82) is 0 Å². The van der Waals surface area contributed by atoms with Gasteiger partial charge in [0.25, 0.3) is 0 Å². The maximum Gasteiger partial charge on any atom is 0.470 e. The summed E-state index contributed by atoms with van der Waals surface area (Å²) >= 11 is 0. The van der Waals surface area contributed by atoms with E-state index >= 15 is 0 Å². The van der Waals surface area contributed by atoms with E-state index in [4.69, 9.17) is 4.74 Å². The molecular formula is C14H22O24P6-2. The Morgan fingerprint density at radius 2 is 0.909 bits per heavy atom. The average Bonchev–Trinajstić information content (AvgIpc) is 2.76. The molecule has 44 heavy (non-hydrogen) atoms. The van der Waals surface area contributed by atoms with Gasteiger partial charge in [0.2, 0.25) is 0 Å². The second kappa shape index (κ2) is 14.4. The normalized spacial score (nSPS) is 27.0. The molecule has 0 heterocycles. The molecule has 0 spiro atoms. The first-order chi connectivity index (χ1) is 19.6. The second-order valence-corrected chi connectivity index (χ2v) is 17.0. The van der Waals surface area contributed by atoms with Gasteiger partial charge in [0.1, 0.15) is 36.4 Å². The van der Waals surface area contributed by atoms with Gasteiger partial charge >= 0.3 is 44.9 Å². The predicted molar refractivity (Wildman–Crippen MR) is 130 cm³/mol. The van der Waals surface area contributed by atoms with E-state index in [9.17, 15) is 86.3 Å². The van der Waals surface area contributed by atoms with Crippen LogP contribution < -0.4 is 14.7 Å². The van der Waals surface area contributed by atoms with Crippen LogP contribution in [0.25, 0.3) is 0 Å². The van der Waals surface area contributed by atoms with Crippen LogP contribution in [-0.2, 0) is 50.2 Å². The van der Waals surface area contributed by atoms with Gasteiger partial charge < -0.3 is 63.5 Å². The zero-order valence-electron chi connectivity index (χ0n) is 20.9. The zero-order valence-corrected chi connectivity index (χ0v) is 26.3. The van der Waals surface area contributed by atoms with Crippen LogP contribution in [0.3, 0.4) is 0 Å². The van der Waals surface area contributed by atoms with Crippen molar-refractivity contribution in [2.75, 3.05) is 5.90 Å². The Morgan fingerprint density at radius 3 is 1.23 bits per heavy atom. The fourth-order valence-electron chi connectivity index (χ4n) is 3.70. The first-order valence-electron chi connectivity index (χ1n) is 10.8. The number of carbonyl (C=O) groups excluding carboxylic acids is 1. The molecule has 1 aliphatic rings. The smallest absolute Gasteiger partial charge is 0.470 e. The molecule has 0 radical (unpaired) electrons. The van der Waals surface area contributed by atoms with Gasteiger partial charge in [0.15, 0.2) is 6.10 Å². The van der Waals surface area contributed by atoms with E-state index in [1.54, 1.807) is 0 Å². The van der Waals surface area contributed by atoms with E-state index in [0.29, 0.717) is 0 Å². The number of phosphoric acid groups is 4. The molecule has 2 rings (SSSR count). The van der Waals surface area contributed by atoms with E-state index in [1.165, 1.54) is 18.2 Å². The molecule has 3 unspecified atom stereocenters. The molecular weight excluding hydrogens is 738 g/mol. The maximum atomic E-state index is 12.9. The fraction of sp³-hybridized carbons (Fsp3) is 0.500. The number of ether oxygens (including phenoxy) is 1. The quantitative estimate of drug-likeness (QED) is 0.0656. The van der Waals surface area contributed by atoms with E-state index in [-0.39, 0.29) is 0 Å². The van der Waals surface area contributed by atoms with Crippen LogP contribution in [0, 0.1) is 0 Å². The van der Waals surface area contributed by atoms with E-state index in [0.717, 1.165) is 12.1 Å². The van der Waals surface area contributed by atoms with Gasteiger partial charge in [-0.3, -0.25) is 27.2 Å². The first kappa shape index (κ1) is 39.8. The van der Waals surface area contributed by atoms with E-state index in [2.05, 4.69) is 22.6 Å². The molecule has 24 nitrogen and oxygen atoms in total. The van der Waals surface area contributed by atoms with Crippen molar-refractivity contribution in [3.63, 3.8) is 0 Å². The summed E-state index contributed by atoms with van der Waals surface area (Å²) in [5.41, 5.74) is -0.433. The molecule has 1 aliphatic carbocycles. The molecule has 254 valence electrons. The zero-order chi connectivity index (χ0) is 34.1. The summed E-state index contributed by atoms with van der Waals surface area (Å²) in [6.07, 6.45) is -18.4. The average molecular weight is 760 g/mol. The summed E-state index contributed by atoms with van der Waals surface area (Å²) in [5, 5.41) is 0. The third-order valence-corrected chi connectivity index (χ3v) is 10.3. The van der Waals surface area contributed by atoms with Crippen molar-refractivity contribution in [3.05, 3.63) is 35.9 Å². The Balaban J connectivity index is 2.92. The number of hydrogen-bond donors (Lipinski definition) is 9. The van der Waals surface area contributed by atoms with Crippen molar-refractivity contribution >= 4 is 52.8 Å². The third-order valence-electron chi connectivity index (χ3n) is 4.87. The highest BCUT2D eigenvalue weighted by Gasteiger charge is 2.62. The van der Waals surface area contributed by atoms with Crippen LogP contribution in [-0.4, -0.2) is 92.5 Å². The van der Waals surface area contributed by atoms with Gasteiger partial charge in [0.05, 0.1) is 5.56 Å². The van der Waals surface area contributed by atoms with Gasteiger partial charge in [-0.2, -0.15) is 7.94 Å². The molecule has 0 aliphatic heterocycles. The lowest BCUT2D eigenvalue weighted by atomic mass is 9.85. The van der Waals surface area contributed by atoms with Gasteiger partial charge in [-0.1, -0.05) is 18.2 Å². The SMILES string of the molecule is O=C(OC1[C@@H](OP(=O)(O)O)[C@H](OP(=O)(O)O)C(OP(=O)(O)C[P+]([O-])([O-])[O-])[C@H](OP(=O)(O)O)[C@H]1OP(=O)(O)O)c1ccccc1. The largest absolute Gasteiger partial charge is 0.687 e. The lowest BCUT2D eigenvalue weighted by Gasteiger charge is -2.49. The number of carbonyl (C=O) groups is 1. The molecule has 1 aromatic rings. The molecule has 0 bridgehead atoms. The van der Waals surface area contributed by atoms with Crippen molar-refractivity contribution in [1.82, 2.24) is 0 Å². The standard InChI is InChI=1S/C14H24O24P6/c15-14(7-4-2-1-3-5-7)33-8-9(35-41(21,22)23)12(37-43(27,28)29)11(34-40(19,20)6-39(16,17)18)13(38-44(30,31)32)10(8)36-42(24,25)26/h1-5,8-13H,6H2,(H,19,20)(H2,16,17,18)(H2,21,22,23)(H2,24,25,26)(H2,27,28,29)(H2,30,31,32)/p-2/t8?,9-,10+,11?,12+,13-. The minimum absolute atomic E-state index is 0.433. The van der Waals surface area contributed by atoms with Crippen LogP contribution >= 0.6 is 46.8 Å². The Hall–Kier alpha value is -0.410. The van der Waals surface area contributed by atoms with Gasteiger partial charge in [-0.15, -0.1) is 0 Å². The van der Waals surface area contributed by atoms with Gasteiger partial charge in [-0.05, 0) is 12.1 Å². The van der Waals surface area contributed by atoms with Crippen molar-refractivity contribution in [2.45, 2.75) is 36.6 Å². The predicted octanol–water partition coefficient (Wildman–Crippen LogP) is -3.49. The number of esters is 1. The molecule has 9 N–H and O–H groups in total.